The van der Waals surface area contributed by atoms with Gasteiger partial charge < -0.3 is 20.1 Å². The van der Waals surface area contributed by atoms with Gasteiger partial charge in [0.05, 0.1) is 4.88 Å². The summed E-state index contributed by atoms with van der Waals surface area (Å²) < 4.78 is 5.54. The van der Waals surface area contributed by atoms with Crippen LogP contribution in [0.2, 0.25) is 0 Å². The Morgan fingerprint density at radius 1 is 1.16 bits per heavy atom. The molecular weight excluding hydrogens is 504 g/mol. The van der Waals surface area contributed by atoms with Crippen molar-refractivity contribution in [1.29, 1.82) is 0 Å². The predicted molar refractivity (Wildman–Crippen MR) is 147 cm³/mol. The van der Waals surface area contributed by atoms with Gasteiger partial charge in [-0.3, -0.25) is 14.4 Å². The highest BCUT2D eigenvalue weighted by Crippen LogP contribution is 2.24. The number of Topliss-reactive ketones (excluding diaryl/α,β-unsaturated/α-hetero) is 1. The molecule has 0 radical (unpaired) electrons. The van der Waals surface area contributed by atoms with Gasteiger partial charge in [-0.25, -0.2) is 4.79 Å². The van der Waals surface area contributed by atoms with Gasteiger partial charge in [0.15, 0.2) is 0 Å². The fraction of sp³-hybridized carbons (Fsp3) is 0.448. The molecule has 2 heterocycles. The topological polar surface area (TPSA) is 113 Å². The Balaban J connectivity index is 1.72. The van der Waals surface area contributed by atoms with Crippen LogP contribution in [0.15, 0.2) is 48.5 Å². The van der Waals surface area contributed by atoms with Gasteiger partial charge >= 0.3 is 5.97 Å². The molecule has 1 aliphatic heterocycles. The minimum Gasteiger partial charge on any atom is -0.458 e. The molecule has 2 N–H and O–H groups in total. The third-order valence-electron chi connectivity index (χ3n) is 6.03. The van der Waals surface area contributed by atoms with Crippen molar-refractivity contribution in [2.24, 2.45) is 5.92 Å². The largest absolute Gasteiger partial charge is 0.458 e. The molecule has 204 valence electrons. The Morgan fingerprint density at radius 2 is 1.87 bits per heavy atom. The third-order valence-corrected chi connectivity index (χ3v) is 7.08. The molecule has 0 bridgehead atoms. The van der Waals surface area contributed by atoms with E-state index in [1.54, 1.807) is 32.9 Å². The van der Waals surface area contributed by atoms with Crippen molar-refractivity contribution in [2.45, 2.75) is 64.6 Å². The average Bonchev–Trinajstić information content (AvgIpc) is 3.55. The second-order valence-electron chi connectivity index (χ2n) is 10.5. The number of esters is 1. The van der Waals surface area contributed by atoms with E-state index in [0.29, 0.717) is 12.8 Å². The molecule has 1 aromatic heterocycles. The fourth-order valence-corrected chi connectivity index (χ4v) is 4.94. The molecule has 0 saturated carbocycles. The summed E-state index contributed by atoms with van der Waals surface area (Å²) in [4.78, 5) is 54.8. The van der Waals surface area contributed by atoms with Gasteiger partial charge in [0.2, 0.25) is 5.91 Å². The van der Waals surface area contributed by atoms with Crippen LogP contribution in [-0.4, -0.2) is 64.4 Å². The number of nitrogens with one attached hydrogen (secondary N) is 1. The Hall–Kier alpha value is -3.30. The minimum absolute atomic E-state index is 0.0185. The van der Waals surface area contributed by atoms with Crippen molar-refractivity contribution in [1.82, 2.24) is 10.2 Å². The monoisotopic (exact) mass is 540 g/mol. The Bertz CT molecular complexity index is 1170. The number of ether oxygens (including phenoxy) is 1. The summed E-state index contributed by atoms with van der Waals surface area (Å²) >= 11 is 1.18. The molecule has 1 aliphatic rings. The molecule has 38 heavy (non-hydrogen) atoms. The van der Waals surface area contributed by atoms with Gasteiger partial charge in [-0.15, -0.1) is 11.3 Å². The van der Waals surface area contributed by atoms with E-state index in [-0.39, 0.29) is 30.4 Å². The number of carbonyl (C=O) groups is 4. The third kappa shape index (κ3) is 8.10. The SMILES string of the molecule is C[C@@H](/C=C/c1ccc(C(=O)C(=O)N2CCCC2C(=O)NC(Cc2ccccc2)C(=O)OC(C)(C)C)s1)CO. The molecule has 2 amide bonds. The normalized spacial score (nSPS) is 17.3. The Labute approximate surface area is 227 Å². The van der Waals surface area contributed by atoms with Crippen molar-refractivity contribution < 1.29 is 29.0 Å². The van der Waals surface area contributed by atoms with Crippen molar-refractivity contribution in [2.75, 3.05) is 13.2 Å². The van der Waals surface area contributed by atoms with E-state index in [1.165, 1.54) is 16.2 Å². The second-order valence-corrected chi connectivity index (χ2v) is 11.6. The minimum atomic E-state index is -0.940. The number of hydrogen-bond acceptors (Lipinski definition) is 7. The number of ketones is 1. The van der Waals surface area contributed by atoms with Gasteiger partial charge in [-0.2, -0.15) is 0 Å². The lowest BCUT2D eigenvalue weighted by atomic mass is 10.0. The number of nitrogens with zero attached hydrogens (tertiary/aromatic N) is 1. The van der Waals surface area contributed by atoms with Gasteiger partial charge in [-0.1, -0.05) is 43.3 Å². The van der Waals surface area contributed by atoms with E-state index >= 15 is 0 Å². The van der Waals surface area contributed by atoms with Crippen LogP contribution in [0.3, 0.4) is 0 Å². The van der Waals surface area contributed by atoms with Crippen molar-refractivity contribution in [3.63, 3.8) is 0 Å². The zero-order chi connectivity index (χ0) is 27.9. The molecular formula is C29H36N2O6S. The lowest BCUT2D eigenvalue weighted by Gasteiger charge is -2.27. The van der Waals surface area contributed by atoms with Crippen LogP contribution in [0.4, 0.5) is 0 Å². The number of aliphatic hydroxyl groups is 1. The molecule has 3 rings (SSSR count). The molecule has 1 saturated heterocycles. The molecule has 0 aliphatic carbocycles. The summed E-state index contributed by atoms with van der Waals surface area (Å²) in [7, 11) is 0. The summed E-state index contributed by atoms with van der Waals surface area (Å²) in [6.07, 6.45) is 4.85. The number of aliphatic hydroxyl groups excluding tert-OH is 1. The zero-order valence-electron chi connectivity index (χ0n) is 22.3. The van der Waals surface area contributed by atoms with Gasteiger partial charge in [0, 0.05) is 24.4 Å². The van der Waals surface area contributed by atoms with Crippen molar-refractivity contribution in [3.8, 4) is 0 Å². The quantitative estimate of drug-likeness (QED) is 0.270. The average molecular weight is 541 g/mol. The maximum absolute atomic E-state index is 13.3. The number of rotatable bonds is 10. The first-order chi connectivity index (χ1) is 18.0. The van der Waals surface area contributed by atoms with Crippen LogP contribution < -0.4 is 5.32 Å². The lowest BCUT2D eigenvalue weighted by Crippen LogP contribution is -2.53. The maximum Gasteiger partial charge on any atom is 0.329 e. The van der Waals surface area contributed by atoms with Crippen LogP contribution in [0.25, 0.3) is 6.08 Å². The number of thiophene rings is 1. The summed E-state index contributed by atoms with van der Waals surface area (Å²) in [6, 6.07) is 10.8. The Morgan fingerprint density at radius 3 is 2.53 bits per heavy atom. The highest BCUT2D eigenvalue weighted by atomic mass is 32.1. The van der Waals surface area contributed by atoms with Crippen LogP contribution in [-0.2, 0) is 25.5 Å². The van der Waals surface area contributed by atoms with E-state index < -0.39 is 41.3 Å². The van der Waals surface area contributed by atoms with Crippen molar-refractivity contribution >= 4 is 41.0 Å². The van der Waals surface area contributed by atoms with E-state index in [0.717, 1.165) is 10.4 Å². The summed E-state index contributed by atoms with van der Waals surface area (Å²) in [5, 5.41) is 12.0. The van der Waals surface area contributed by atoms with E-state index in [9.17, 15) is 19.2 Å². The first-order valence-electron chi connectivity index (χ1n) is 12.8. The van der Waals surface area contributed by atoms with Crippen LogP contribution in [0, 0.1) is 5.92 Å². The number of hydrogen-bond donors (Lipinski definition) is 2. The highest BCUT2D eigenvalue weighted by Gasteiger charge is 2.39. The summed E-state index contributed by atoms with van der Waals surface area (Å²) in [6.45, 7) is 7.44. The molecule has 2 aromatic rings. The van der Waals surface area contributed by atoms with Gasteiger partial charge in [0.1, 0.15) is 17.7 Å². The Kier molecular flexibility index (Phi) is 9.99. The maximum atomic E-state index is 13.3. The first kappa shape index (κ1) is 29.3. The lowest BCUT2D eigenvalue weighted by molar-refractivity contribution is -0.159. The van der Waals surface area contributed by atoms with Crippen LogP contribution in [0.5, 0.6) is 0 Å². The van der Waals surface area contributed by atoms with Gasteiger partial charge in [-0.05, 0) is 63.3 Å². The molecule has 0 spiro atoms. The first-order valence-corrected chi connectivity index (χ1v) is 13.6. The van der Waals surface area contributed by atoms with E-state index in [4.69, 9.17) is 9.84 Å². The van der Waals surface area contributed by atoms with Crippen LogP contribution >= 0.6 is 11.3 Å². The number of amides is 2. The zero-order valence-corrected chi connectivity index (χ0v) is 23.1. The van der Waals surface area contributed by atoms with E-state index in [1.807, 2.05) is 49.4 Å². The molecule has 3 atom stereocenters. The second kappa shape index (κ2) is 13.0. The van der Waals surface area contributed by atoms with Crippen LogP contribution in [0.1, 0.15) is 60.6 Å². The van der Waals surface area contributed by atoms with Crippen molar-refractivity contribution in [3.05, 3.63) is 63.9 Å². The summed E-state index contributed by atoms with van der Waals surface area (Å²) in [5.41, 5.74) is 0.123. The number of benzene rings is 1. The predicted octanol–water partition coefficient (Wildman–Crippen LogP) is 3.63. The highest BCUT2D eigenvalue weighted by molar-refractivity contribution is 7.15. The fourth-order valence-electron chi connectivity index (χ4n) is 4.09. The smallest absolute Gasteiger partial charge is 0.329 e. The summed E-state index contributed by atoms with van der Waals surface area (Å²) in [5.74, 6) is -2.47. The van der Waals surface area contributed by atoms with E-state index in [2.05, 4.69) is 5.32 Å². The number of likely N-dealkylation sites (tertiary alicyclic amines) is 1. The molecule has 2 unspecified atom stereocenters. The molecule has 1 aromatic carbocycles. The number of carbonyl (C=O) groups excluding carboxylic acids is 4. The molecule has 9 heteroatoms. The standard InChI is InChI=1S/C29H36N2O6S/c1-19(18-32)12-13-21-14-15-24(38-21)25(33)27(35)31-16-8-11-23(31)26(34)30-22(28(36)37-29(2,3)4)17-20-9-6-5-7-10-20/h5-7,9-10,12-15,19,22-23,32H,8,11,16-18H2,1-4H3,(H,30,34)/b13-12+/t19-,22?,23?/m0/s1. The van der Waals surface area contributed by atoms with Gasteiger partial charge in [0.25, 0.3) is 11.7 Å². The molecule has 1 fully saturated rings. The molecule has 8 nitrogen and oxygen atoms in total.